The van der Waals surface area contributed by atoms with Crippen molar-refractivity contribution < 1.29 is 4.42 Å². The smallest absolute Gasteiger partial charge is 0.123 e. The average Bonchev–Trinajstić information content (AvgIpc) is 3.06. The minimum Gasteiger partial charge on any atom is -0.469 e. The van der Waals surface area contributed by atoms with Crippen LogP contribution in [0.15, 0.2) is 29.1 Å². The third kappa shape index (κ3) is 2.08. The maximum atomic E-state index is 5.53. The molecule has 96 valence electrons. The van der Waals surface area contributed by atoms with Gasteiger partial charge in [-0.25, -0.2) is 4.98 Å². The van der Waals surface area contributed by atoms with Crippen molar-refractivity contribution >= 4 is 0 Å². The molecule has 0 saturated heterocycles. The molecule has 0 spiro atoms. The zero-order valence-corrected chi connectivity index (χ0v) is 10.6. The Bertz CT molecular complexity index is 489. The lowest BCUT2D eigenvalue weighted by Crippen LogP contribution is -2.29. The van der Waals surface area contributed by atoms with E-state index in [1.165, 1.54) is 18.4 Å². The van der Waals surface area contributed by atoms with Crippen LogP contribution >= 0.6 is 0 Å². The van der Waals surface area contributed by atoms with E-state index in [2.05, 4.69) is 28.3 Å². The van der Waals surface area contributed by atoms with Crippen LogP contribution in [0.2, 0.25) is 0 Å². The zero-order valence-electron chi connectivity index (χ0n) is 10.6. The van der Waals surface area contributed by atoms with Gasteiger partial charge in [-0.3, -0.25) is 0 Å². The van der Waals surface area contributed by atoms with Gasteiger partial charge < -0.3 is 14.7 Å². The molecular formula is C14H19N3O. The molecule has 0 radical (unpaired) electrons. The fourth-order valence-corrected chi connectivity index (χ4v) is 2.76. The highest BCUT2D eigenvalue weighted by Crippen LogP contribution is 2.32. The summed E-state index contributed by atoms with van der Waals surface area (Å²) < 4.78 is 5.53. The SMILES string of the molecule is CCC(NC1CCCc2occc21)c1ncc[nH]1. The predicted octanol–water partition coefficient (Wildman–Crippen LogP) is 3.12. The number of furan rings is 1. The maximum Gasteiger partial charge on any atom is 0.123 e. The summed E-state index contributed by atoms with van der Waals surface area (Å²) in [6.07, 6.45) is 9.94. The second-order valence-electron chi connectivity index (χ2n) is 4.85. The Kier molecular flexibility index (Phi) is 3.19. The van der Waals surface area contributed by atoms with Crippen molar-refractivity contribution in [3.8, 4) is 0 Å². The first kappa shape index (κ1) is 11.5. The van der Waals surface area contributed by atoms with Crippen LogP contribution in [0.1, 0.15) is 55.4 Å². The molecule has 3 rings (SSSR count). The van der Waals surface area contributed by atoms with Gasteiger partial charge in [0.1, 0.15) is 11.6 Å². The van der Waals surface area contributed by atoms with Crippen LogP contribution in [0.25, 0.3) is 0 Å². The lowest BCUT2D eigenvalue weighted by atomic mass is 9.92. The van der Waals surface area contributed by atoms with Crippen LogP contribution in [0.4, 0.5) is 0 Å². The Balaban J connectivity index is 1.77. The average molecular weight is 245 g/mol. The molecule has 2 aromatic heterocycles. The minimum absolute atomic E-state index is 0.283. The van der Waals surface area contributed by atoms with Gasteiger partial charge in [-0.15, -0.1) is 0 Å². The third-order valence-corrected chi connectivity index (χ3v) is 3.71. The van der Waals surface area contributed by atoms with E-state index in [1.807, 2.05) is 12.4 Å². The van der Waals surface area contributed by atoms with Crippen LogP contribution < -0.4 is 5.32 Å². The molecule has 0 bridgehead atoms. The van der Waals surface area contributed by atoms with Crippen LogP contribution in [0, 0.1) is 0 Å². The number of aromatic nitrogens is 2. The highest BCUT2D eigenvalue weighted by atomic mass is 16.3. The summed E-state index contributed by atoms with van der Waals surface area (Å²) in [5.41, 5.74) is 1.33. The molecule has 0 aromatic carbocycles. The second kappa shape index (κ2) is 4.98. The van der Waals surface area contributed by atoms with Gasteiger partial charge in [0.15, 0.2) is 0 Å². The lowest BCUT2D eigenvalue weighted by Gasteiger charge is -2.26. The number of nitrogens with zero attached hydrogens (tertiary/aromatic N) is 1. The molecule has 2 aromatic rings. The Morgan fingerprint density at radius 2 is 2.56 bits per heavy atom. The monoisotopic (exact) mass is 245 g/mol. The summed E-state index contributed by atoms with van der Waals surface area (Å²) in [6.45, 7) is 2.18. The van der Waals surface area contributed by atoms with Gasteiger partial charge in [-0.05, 0) is 25.3 Å². The molecule has 2 unspecified atom stereocenters. The summed E-state index contributed by atoms with van der Waals surface area (Å²) in [4.78, 5) is 7.55. The van der Waals surface area contributed by atoms with Gasteiger partial charge in [-0.1, -0.05) is 6.92 Å². The van der Waals surface area contributed by atoms with E-state index < -0.39 is 0 Å². The second-order valence-corrected chi connectivity index (χ2v) is 4.85. The molecular weight excluding hydrogens is 226 g/mol. The Morgan fingerprint density at radius 1 is 1.61 bits per heavy atom. The van der Waals surface area contributed by atoms with Gasteiger partial charge in [0.25, 0.3) is 0 Å². The predicted molar refractivity (Wildman–Crippen MR) is 69.1 cm³/mol. The fraction of sp³-hybridized carbons (Fsp3) is 0.500. The number of fused-ring (bicyclic) bond motifs is 1. The number of aryl methyl sites for hydroxylation is 1. The highest BCUT2D eigenvalue weighted by molar-refractivity contribution is 5.24. The summed E-state index contributed by atoms with van der Waals surface area (Å²) in [5, 5.41) is 3.70. The molecule has 2 N–H and O–H groups in total. The highest BCUT2D eigenvalue weighted by Gasteiger charge is 2.25. The molecule has 1 aliphatic rings. The molecule has 0 amide bonds. The molecule has 4 heteroatoms. The van der Waals surface area contributed by atoms with E-state index >= 15 is 0 Å². The molecule has 0 saturated carbocycles. The van der Waals surface area contributed by atoms with Crippen molar-refractivity contribution in [1.29, 1.82) is 0 Å². The van der Waals surface area contributed by atoms with Crippen LogP contribution in [-0.2, 0) is 6.42 Å². The van der Waals surface area contributed by atoms with Crippen LogP contribution in [0.5, 0.6) is 0 Å². The van der Waals surface area contributed by atoms with Crippen molar-refractivity contribution in [3.05, 3.63) is 41.9 Å². The molecule has 2 heterocycles. The summed E-state index contributed by atoms with van der Waals surface area (Å²) >= 11 is 0. The molecule has 1 aliphatic carbocycles. The van der Waals surface area contributed by atoms with Crippen molar-refractivity contribution in [3.63, 3.8) is 0 Å². The first-order valence-corrected chi connectivity index (χ1v) is 6.70. The van der Waals surface area contributed by atoms with Crippen molar-refractivity contribution in [2.24, 2.45) is 0 Å². The van der Waals surface area contributed by atoms with Gasteiger partial charge in [0.05, 0.1) is 12.3 Å². The largest absolute Gasteiger partial charge is 0.469 e. The first-order valence-electron chi connectivity index (χ1n) is 6.70. The summed E-state index contributed by atoms with van der Waals surface area (Å²) in [5.74, 6) is 2.17. The summed E-state index contributed by atoms with van der Waals surface area (Å²) in [7, 11) is 0. The van der Waals surface area contributed by atoms with Gasteiger partial charge in [-0.2, -0.15) is 0 Å². The maximum absolute atomic E-state index is 5.53. The Morgan fingerprint density at radius 3 is 3.33 bits per heavy atom. The molecule has 2 atom stereocenters. The van der Waals surface area contributed by atoms with E-state index in [1.54, 1.807) is 6.26 Å². The number of aromatic amines is 1. The van der Waals surface area contributed by atoms with Crippen LogP contribution in [0.3, 0.4) is 0 Å². The van der Waals surface area contributed by atoms with E-state index in [4.69, 9.17) is 4.42 Å². The lowest BCUT2D eigenvalue weighted by molar-refractivity contribution is 0.364. The summed E-state index contributed by atoms with van der Waals surface area (Å²) in [6, 6.07) is 2.77. The van der Waals surface area contributed by atoms with Crippen molar-refractivity contribution in [2.45, 2.75) is 44.7 Å². The third-order valence-electron chi connectivity index (χ3n) is 3.71. The van der Waals surface area contributed by atoms with E-state index in [-0.39, 0.29) is 6.04 Å². The van der Waals surface area contributed by atoms with E-state index in [0.717, 1.165) is 24.4 Å². The molecule has 0 fully saturated rings. The zero-order chi connectivity index (χ0) is 12.4. The Hall–Kier alpha value is -1.55. The van der Waals surface area contributed by atoms with Crippen molar-refractivity contribution in [1.82, 2.24) is 15.3 Å². The molecule has 0 aliphatic heterocycles. The number of nitrogens with one attached hydrogen (secondary N) is 2. The van der Waals surface area contributed by atoms with Gasteiger partial charge in [0.2, 0.25) is 0 Å². The van der Waals surface area contributed by atoms with Gasteiger partial charge in [0, 0.05) is 30.4 Å². The fourth-order valence-electron chi connectivity index (χ4n) is 2.76. The van der Waals surface area contributed by atoms with Crippen molar-refractivity contribution in [2.75, 3.05) is 0 Å². The number of hydrogen-bond donors (Lipinski definition) is 2. The number of imidazole rings is 1. The normalized spacial score (nSPS) is 20.6. The quantitative estimate of drug-likeness (QED) is 0.870. The standard InChI is InChI=1S/C14H19N3O/c1-2-11(14-15-7-8-16-14)17-12-4-3-5-13-10(12)6-9-18-13/h6-9,11-12,17H,2-5H2,1H3,(H,15,16). The van der Waals surface area contributed by atoms with Crippen LogP contribution in [-0.4, -0.2) is 9.97 Å². The molecule has 4 nitrogen and oxygen atoms in total. The minimum atomic E-state index is 0.283. The first-order chi connectivity index (χ1) is 8.88. The number of rotatable bonds is 4. The molecule has 18 heavy (non-hydrogen) atoms. The Labute approximate surface area is 107 Å². The number of H-pyrrole nitrogens is 1. The van der Waals surface area contributed by atoms with E-state index in [0.29, 0.717) is 6.04 Å². The number of hydrogen-bond acceptors (Lipinski definition) is 3. The van der Waals surface area contributed by atoms with E-state index in [9.17, 15) is 0 Å². The topological polar surface area (TPSA) is 53.9 Å². The van der Waals surface area contributed by atoms with Gasteiger partial charge >= 0.3 is 0 Å².